The van der Waals surface area contributed by atoms with Gasteiger partial charge in [-0.25, -0.2) is 0 Å². The molecule has 1 heterocycles. The van der Waals surface area contributed by atoms with E-state index in [1.807, 2.05) is 30.3 Å². The fourth-order valence-corrected chi connectivity index (χ4v) is 2.41. The molecular weight excluding hydrogens is 276 g/mol. The van der Waals surface area contributed by atoms with Crippen molar-refractivity contribution in [3.63, 3.8) is 0 Å². The molecule has 0 fully saturated rings. The van der Waals surface area contributed by atoms with E-state index in [2.05, 4.69) is 22.1 Å². The van der Waals surface area contributed by atoms with Crippen molar-refractivity contribution in [2.75, 3.05) is 6.54 Å². The summed E-state index contributed by atoms with van der Waals surface area (Å²) in [6.07, 6.45) is 2.45. The Labute approximate surface area is 127 Å². The van der Waals surface area contributed by atoms with Crippen molar-refractivity contribution >= 4 is 17.0 Å². The molecule has 0 aliphatic rings. The van der Waals surface area contributed by atoms with E-state index in [1.54, 1.807) is 18.3 Å². The molecule has 1 aromatic heterocycles. The Balaban J connectivity index is 1.84. The number of rotatable bonds is 4. The first-order valence-corrected chi connectivity index (χ1v) is 7.13. The van der Waals surface area contributed by atoms with Gasteiger partial charge in [0, 0.05) is 23.5 Å². The van der Waals surface area contributed by atoms with Crippen molar-refractivity contribution in [3.8, 4) is 5.88 Å². The van der Waals surface area contributed by atoms with Gasteiger partial charge in [-0.2, -0.15) is 0 Å². The topological polar surface area (TPSA) is 65.5 Å². The second-order valence-corrected chi connectivity index (χ2v) is 5.03. The molecule has 110 valence electrons. The lowest BCUT2D eigenvalue weighted by Crippen LogP contribution is -2.08. The summed E-state index contributed by atoms with van der Waals surface area (Å²) < 4.78 is 0. The molecule has 0 aliphatic heterocycles. The number of aromatic hydroxyl groups is 1. The summed E-state index contributed by atoms with van der Waals surface area (Å²) in [7, 11) is 0. The molecule has 0 saturated carbocycles. The Hall–Kier alpha value is -2.88. The van der Waals surface area contributed by atoms with Crippen LogP contribution in [0.4, 0.5) is 0 Å². The fourth-order valence-electron chi connectivity index (χ4n) is 2.41. The zero-order chi connectivity index (χ0) is 15.4. The molecule has 3 aromatic rings. The quantitative estimate of drug-likeness (QED) is 0.726. The highest BCUT2D eigenvalue weighted by molar-refractivity contribution is 6.01. The molecule has 22 heavy (non-hydrogen) atoms. The van der Waals surface area contributed by atoms with Gasteiger partial charge in [0.1, 0.15) is 0 Å². The van der Waals surface area contributed by atoms with E-state index in [0.29, 0.717) is 22.9 Å². The van der Waals surface area contributed by atoms with Crippen molar-refractivity contribution in [3.05, 3.63) is 76.1 Å². The number of aromatic amines is 1. The summed E-state index contributed by atoms with van der Waals surface area (Å²) in [4.78, 5) is 18.6. The molecule has 0 amide bonds. The van der Waals surface area contributed by atoms with Gasteiger partial charge in [0.05, 0.1) is 5.56 Å². The Morgan fingerprint density at radius 3 is 2.45 bits per heavy atom. The Bertz CT molecular complexity index is 867. The number of hydrogen-bond acceptors (Lipinski definition) is 3. The third-order valence-electron chi connectivity index (χ3n) is 3.54. The molecule has 4 heteroatoms. The number of nitrogens with zero attached hydrogens (tertiary/aromatic N) is 1. The van der Waals surface area contributed by atoms with Gasteiger partial charge in [-0.05, 0) is 18.1 Å². The number of nitrogens with one attached hydrogen (secondary N) is 1. The van der Waals surface area contributed by atoms with Crippen LogP contribution >= 0.6 is 0 Å². The van der Waals surface area contributed by atoms with Crippen LogP contribution in [-0.2, 0) is 6.42 Å². The average molecular weight is 292 g/mol. The minimum absolute atomic E-state index is 0.146. The Morgan fingerprint density at radius 2 is 1.68 bits per heavy atom. The number of hydrogen-bond donors (Lipinski definition) is 2. The monoisotopic (exact) mass is 292 g/mol. The maximum absolute atomic E-state index is 11.8. The standard InChI is InChI=1S/C18H16N2O2/c21-17-15-9-5-4-8-14(15)16(18(22)20-17)12-19-11-10-13-6-2-1-3-7-13/h1-9,12H,10-11H2,(H2,20,21,22). The van der Waals surface area contributed by atoms with Crippen molar-refractivity contribution in [1.82, 2.24) is 4.98 Å². The summed E-state index contributed by atoms with van der Waals surface area (Å²) in [5, 5.41) is 11.2. The lowest BCUT2D eigenvalue weighted by Gasteiger charge is -2.04. The fraction of sp³-hybridized carbons (Fsp3) is 0.111. The molecule has 4 nitrogen and oxygen atoms in total. The zero-order valence-corrected chi connectivity index (χ0v) is 12.0. The molecule has 0 saturated heterocycles. The van der Waals surface area contributed by atoms with Crippen LogP contribution in [0, 0.1) is 0 Å². The largest absolute Gasteiger partial charge is 0.494 e. The molecular formula is C18H16N2O2. The van der Waals surface area contributed by atoms with Gasteiger partial charge in [0.2, 0.25) is 5.88 Å². The third kappa shape index (κ3) is 2.91. The molecule has 0 aliphatic carbocycles. The highest BCUT2D eigenvalue weighted by Gasteiger charge is 2.08. The van der Waals surface area contributed by atoms with Crippen LogP contribution < -0.4 is 5.56 Å². The molecule has 0 atom stereocenters. The number of aliphatic imine (C=N–C) groups is 1. The summed E-state index contributed by atoms with van der Waals surface area (Å²) in [6.45, 7) is 0.622. The normalized spacial score (nSPS) is 11.3. The highest BCUT2D eigenvalue weighted by atomic mass is 16.3. The first kappa shape index (κ1) is 14.1. The number of benzene rings is 2. The maximum Gasteiger partial charge on any atom is 0.258 e. The van der Waals surface area contributed by atoms with Crippen molar-refractivity contribution < 1.29 is 5.11 Å². The third-order valence-corrected chi connectivity index (χ3v) is 3.54. The van der Waals surface area contributed by atoms with Gasteiger partial charge >= 0.3 is 0 Å². The molecule has 3 rings (SSSR count). The SMILES string of the molecule is O=c1[nH]c(O)c(C=NCCc2ccccc2)c2ccccc12. The van der Waals surface area contributed by atoms with Crippen LogP contribution in [-0.4, -0.2) is 22.8 Å². The van der Waals surface area contributed by atoms with Crippen molar-refractivity contribution in [1.29, 1.82) is 0 Å². The van der Waals surface area contributed by atoms with E-state index in [1.165, 1.54) is 5.56 Å². The molecule has 0 radical (unpaired) electrons. The highest BCUT2D eigenvalue weighted by Crippen LogP contribution is 2.20. The van der Waals surface area contributed by atoms with Crippen LogP contribution in [0.2, 0.25) is 0 Å². The van der Waals surface area contributed by atoms with E-state index >= 15 is 0 Å². The van der Waals surface area contributed by atoms with Crippen LogP contribution in [0.5, 0.6) is 5.88 Å². The van der Waals surface area contributed by atoms with Gasteiger partial charge < -0.3 is 5.11 Å². The van der Waals surface area contributed by atoms with Crippen LogP contribution in [0.15, 0.2) is 64.4 Å². The van der Waals surface area contributed by atoms with E-state index in [0.717, 1.165) is 6.42 Å². The van der Waals surface area contributed by atoms with Gasteiger partial charge in [0.25, 0.3) is 5.56 Å². The minimum atomic E-state index is -0.297. The van der Waals surface area contributed by atoms with Crippen LogP contribution in [0.3, 0.4) is 0 Å². The number of H-pyrrole nitrogens is 1. The molecule has 2 aromatic carbocycles. The number of aromatic nitrogens is 1. The zero-order valence-electron chi connectivity index (χ0n) is 12.0. The van der Waals surface area contributed by atoms with Crippen LogP contribution in [0.1, 0.15) is 11.1 Å². The molecule has 0 bridgehead atoms. The maximum atomic E-state index is 11.8. The lowest BCUT2D eigenvalue weighted by molar-refractivity contribution is 0.452. The van der Waals surface area contributed by atoms with Gasteiger partial charge in [-0.3, -0.25) is 14.8 Å². The molecule has 0 spiro atoms. The van der Waals surface area contributed by atoms with E-state index in [4.69, 9.17) is 0 Å². The van der Waals surface area contributed by atoms with E-state index in [-0.39, 0.29) is 11.4 Å². The molecule has 0 unspecified atom stereocenters. The number of fused-ring (bicyclic) bond motifs is 1. The van der Waals surface area contributed by atoms with Gasteiger partial charge in [-0.1, -0.05) is 48.5 Å². The minimum Gasteiger partial charge on any atom is -0.494 e. The summed E-state index contributed by atoms with van der Waals surface area (Å²) in [6, 6.07) is 17.3. The predicted octanol–water partition coefficient (Wildman–Crippen LogP) is 2.90. The van der Waals surface area contributed by atoms with Crippen LogP contribution in [0.25, 0.3) is 10.8 Å². The molecule has 2 N–H and O–H groups in total. The Morgan fingerprint density at radius 1 is 1.00 bits per heavy atom. The second-order valence-electron chi connectivity index (χ2n) is 5.03. The van der Waals surface area contributed by atoms with E-state index < -0.39 is 0 Å². The number of pyridine rings is 1. The summed E-state index contributed by atoms with van der Waals surface area (Å²) >= 11 is 0. The smallest absolute Gasteiger partial charge is 0.258 e. The second kappa shape index (κ2) is 6.26. The average Bonchev–Trinajstić information content (AvgIpc) is 2.55. The van der Waals surface area contributed by atoms with E-state index in [9.17, 15) is 9.90 Å². The van der Waals surface area contributed by atoms with Crippen molar-refractivity contribution in [2.24, 2.45) is 4.99 Å². The lowest BCUT2D eigenvalue weighted by atomic mass is 10.1. The Kier molecular flexibility index (Phi) is 4.01. The van der Waals surface area contributed by atoms with Gasteiger partial charge in [0.15, 0.2) is 0 Å². The summed E-state index contributed by atoms with van der Waals surface area (Å²) in [5.74, 6) is -0.146. The predicted molar refractivity (Wildman–Crippen MR) is 88.8 cm³/mol. The van der Waals surface area contributed by atoms with Crippen molar-refractivity contribution in [2.45, 2.75) is 6.42 Å². The summed E-state index contributed by atoms with van der Waals surface area (Å²) in [5.41, 5.74) is 1.47. The van der Waals surface area contributed by atoms with Gasteiger partial charge in [-0.15, -0.1) is 0 Å². The first-order valence-electron chi connectivity index (χ1n) is 7.13. The first-order chi connectivity index (χ1) is 10.8.